The van der Waals surface area contributed by atoms with Crippen molar-refractivity contribution in [3.8, 4) is 0 Å². The van der Waals surface area contributed by atoms with E-state index >= 15 is 0 Å². The zero-order chi connectivity index (χ0) is 14.0. The van der Waals surface area contributed by atoms with Crippen LogP contribution in [0.25, 0.3) is 0 Å². The lowest BCUT2D eigenvalue weighted by molar-refractivity contribution is 0.102. The van der Waals surface area contributed by atoms with Crippen LogP contribution in [0.5, 0.6) is 0 Å². The van der Waals surface area contributed by atoms with E-state index in [0.29, 0.717) is 16.8 Å². The monoisotopic (exact) mass is 345 g/mol. The highest BCUT2D eigenvalue weighted by Crippen LogP contribution is 2.26. The summed E-state index contributed by atoms with van der Waals surface area (Å²) in [6, 6.07) is 7.49. The lowest BCUT2D eigenvalue weighted by Gasteiger charge is -2.08. The van der Waals surface area contributed by atoms with Crippen LogP contribution in [0.3, 0.4) is 0 Å². The SMILES string of the molecule is O=C(Nc1cc(Br)ccc1Cl)c1cc(F)cc(F)c1. The highest BCUT2D eigenvalue weighted by atomic mass is 79.9. The summed E-state index contributed by atoms with van der Waals surface area (Å²) in [5, 5.41) is 2.81. The second-order valence-electron chi connectivity index (χ2n) is 3.74. The summed E-state index contributed by atoms with van der Waals surface area (Å²) in [5.74, 6) is -2.27. The molecule has 0 unspecified atom stereocenters. The third kappa shape index (κ3) is 3.52. The standard InChI is InChI=1S/C13H7BrClF2NO/c14-8-1-2-11(15)12(5-8)18-13(19)7-3-9(16)6-10(17)4-7/h1-6H,(H,18,19). The van der Waals surface area contributed by atoms with Crippen molar-refractivity contribution in [1.29, 1.82) is 0 Å². The molecule has 0 saturated carbocycles. The van der Waals surface area contributed by atoms with E-state index in [1.54, 1.807) is 18.2 Å². The molecule has 0 aliphatic rings. The summed E-state index contributed by atoms with van der Waals surface area (Å²) in [4.78, 5) is 11.9. The van der Waals surface area contributed by atoms with Crippen LogP contribution in [0, 0.1) is 11.6 Å². The summed E-state index contributed by atoms with van der Waals surface area (Å²) < 4.78 is 26.8. The fourth-order valence-corrected chi connectivity index (χ4v) is 2.00. The van der Waals surface area contributed by atoms with Gasteiger partial charge in [0.05, 0.1) is 10.7 Å². The third-order valence-electron chi connectivity index (χ3n) is 2.30. The molecule has 2 nitrogen and oxygen atoms in total. The molecule has 0 aromatic heterocycles. The van der Waals surface area contributed by atoms with Gasteiger partial charge in [0.2, 0.25) is 0 Å². The van der Waals surface area contributed by atoms with E-state index in [0.717, 1.165) is 16.6 Å². The first-order chi connectivity index (χ1) is 8.95. The quantitative estimate of drug-likeness (QED) is 0.844. The molecular formula is C13H7BrClF2NO. The van der Waals surface area contributed by atoms with Gasteiger partial charge in [-0.05, 0) is 30.3 Å². The summed E-state index contributed by atoms with van der Waals surface area (Å²) in [7, 11) is 0. The smallest absolute Gasteiger partial charge is 0.255 e. The Bertz CT molecular complexity index is 628. The van der Waals surface area contributed by atoms with Crippen LogP contribution in [-0.4, -0.2) is 5.91 Å². The number of hydrogen-bond donors (Lipinski definition) is 1. The molecule has 0 atom stereocenters. The fraction of sp³-hybridized carbons (Fsp3) is 0. The van der Waals surface area contributed by atoms with Crippen molar-refractivity contribution in [2.45, 2.75) is 0 Å². The molecule has 2 aromatic rings. The number of carbonyl (C=O) groups excluding carboxylic acids is 1. The van der Waals surface area contributed by atoms with Gasteiger partial charge in [-0.25, -0.2) is 8.78 Å². The summed E-state index contributed by atoms with van der Waals surface area (Å²) >= 11 is 9.14. The van der Waals surface area contributed by atoms with Crippen molar-refractivity contribution in [1.82, 2.24) is 0 Å². The Kier molecular flexibility index (Phi) is 4.17. The van der Waals surface area contributed by atoms with Gasteiger partial charge in [0.1, 0.15) is 11.6 Å². The highest BCUT2D eigenvalue weighted by Gasteiger charge is 2.11. The Hall–Kier alpha value is -1.46. The van der Waals surface area contributed by atoms with Gasteiger partial charge in [-0.1, -0.05) is 27.5 Å². The number of benzene rings is 2. The Morgan fingerprint density at radius 1 is 1.11 bits per heavy atom. The van der Waals surface area contributed by atoms with Crippen molar-refractivity contribution in [2.75, 3.05) is 5.32 Å². The van der Waals surface area contributed by atoms with Crippen LogP contribution in [-0.2, 0) is 0 Å². The molecule has 0 aliphatic heterocycles. The second kappa shape index (κ2) is 5.67. The van der Waals surface area contributed by atoms with E-state index < -0.39 is 17.5 Å². The molecule has 0 heterocycles. The van der Waals surface area contributed by atoms with E-state index in [1.807, 2.05) is 0 Å². The molecule has 0 spiro atoms. The van der Waals surface area contributed by atoms with Crippen molar-refractivity contribution in [3.63, 3.8) is 0 Å². The normalized spacial score (nSPS) is 10.3. The lowest BCUT2D eigenvalue weighted by atomic mass is 10.2. The maximum absolute atomic E-state index is 13.0. The minimum absolute atomic E-state index is 0.117. The summed E-state index contributed by atoms with van der Waals surface area (Å²) in [6.07, 6.45) is 0. The minimum atomic E-state index is -0.814. The van der Waals surface area contributed by atoms with E-state index in [9.17, 15) is 13.6 Å². The van der Waals surface area contributed by atoms with E-state index in [2.05, 4.69) is 21.2 Å². The van der Waals surface area contributed by atoms with Crippen molar-refractivity contribution >= 4 is 39.1 Å². The lowest BCUT2D eigenvalue weighted by Crippen LogP contribution is -2.12. The average molecular weight is 347 g/mol. The predicted molar refractivity (Wildman–Crippen MR) is 73.5 cm³/mol. The van der Waals surface area contributed by atoms with Crippen LogP contribution in [0.2, 0.25) is 5.02 Å². The molecule has 0 aliphatic carbocycles. The van der Waals surface area contributed by atoms with Crippen molar-refractivity contribution in [3.05, 3.63) is 63.1 Å². The first-order valence-corrected chi connectivity index (χ1v) is 6.35. The number of halogens is 4. The molecule has 0 fully saturated rings. The molecule has 2 aromatic carbocycles. The topological polar surface area (TPSA) is 29.1 Å². The molecule has 98 valence electrons. The zero-order valence-electron chi connectivity index (χ0n) is 9.38. The van der Waals surface area contributed by atoms with Gasteiger partial charge in [0.25, 0.3) is 5.91 Å². The first kappa shape index (κ1) is 14.0. The van der Waals surface area contributed by atoms with E-state index in [-0.39, 0.29) is 5.56 Å². The number of hydrogen-bond acceptors (Lipinski definition) is 1. The zero-order valence-corrected chi connectivity index (χ0v) is 11.7. The second-order valence-corrected chi connectivity index (χ2v) is 5.06. The molecule has 0 radical (unpaired) electrons. The minimum Gasteiger partial charge on any atom is -0.321 e. The molecule has 0 bridgehead atoms. The predicted octanol–water partition coefficient (Wildman–Crippen LogP) is 4.63. The largest absolute Gasteiger partial charge is 0.321 e. The van der Waals surface area contributed by atoms with Crippen LogP contribution < -0.4 is 5.32 Å². The Morgan fingerprint density at radius 2 is 1.74 bits per heavy atom. The number of nitrogens with one attached hydrogen (secondary N) is 1. The van der Waals surface area contributed by atoms with E-state index in [4.69, 9.17) is 11.6 Å². The Balaban J connectivity index is 2.28. The molecule has 6 heteroatoms. The van der Waals surface area contributed by atoms with Crippen molar-refractivity contribution < 1.29 is 13.6 Å². The Labute approximate surface area is 121 Å². The molecule has 0 saturated heterocycles. The van der Waals surface area contributed by atoms with Gasteiger partial charge in [0.15, 0.2) is 0 Å². The maximum Gasteiger partial charge on any atom is 0.255 e. The molecular weight excluding hydrogens is 340 g/mol. The molecule has 19 heavy (non-hydrogen) atoms. The Morgan fingerprint density at radius 3 is 2.37 bits per heavy atom. The van der Waals surface area contributed by atoms with Crippen LogP contribution >= 0.6 is 27.5 Å². The van der Waals surface area contributed by atoms with Gasteiger partial charge >= 0.3 is 0 Å². The molecule has 1 N–H and O–H groups in total. The molecule has 2 rings (SSSR count). The van der Waals surface area contributed by atoms with Gasteiger partial charge in [-0.3, -0.25) is 4.79 Å². The van der Waals surface area contributed by atoms with Gasteiger partial charge in [-0.15, -0.1) is 0 Å². The van der Waals surface area contributed by atoms with Crippen LogP contribution in [0.4, 0.5) is 14.5 Å². The number of anilines is 1. The number of rotatable bonds is 2. The highest BCUT2D eigenvalue weighted by molar-refractivity contribution is 9.10. The number of amides is 1. The van der Waals surface area contributed by atoms with Gasteiger partial charge < -0.3 is 5.32 Å². The molecule has 1 amide bonds. The summed E-state index contributed by atoms with van der Waals surface area (Å²) in [6.45, 7) is 0. The van der Waals surface area contributed by atoms with Gasteiger partial charge in [-0.2, -0.15) is 0 Å². The van der Waals surface area contributed by atoms with Crippen LogP contribution in [0.1, 0.15) is 10.4 Å². The summed E-state index contributed by atoms with van der Waals surface area (Å²) in [5.41, 5.74) is 0.235. The third-order valence-corrected chi connectivity index (χ3v) is 3.12. The van der Waals surface area contributed by atoms with Crippen molar-refractivity contribution in [2.24, 2.45) is 0 Å². The van der Waals surface area contributed by atoms with Crippen LogP contribution in [0.15, 0.2) is 40.9 Å². The maximum atomic E-state index is 13.0. The van der Waals surface area contributed by atoms with E-state index in [1.165, 1.54) is 0 Å². The number of carbonyl (C=O) groups is 1. The van der Waals surface area contributed by atoms with Gasteiger partial charge in [0, 0.05) is 16.1 Å². The average Bonchev–Trinajstić information content (AvgIpc) is 2.32. The first-order valence-electron chi connectivity index (χ1n) is 5.18. The fourth-order valence-electron chi connectivity index (χ4n) is 1.47.